The molecule has 78 valence electrons. The Morgan fingerprint density at radius 2 is 2.20 bits per heavy atom. The molecule has 0 amide bonds. The largest absolute Gasteiger partial charge is 0.444 e. The van der Waals surface area contributed by atoms with Crippen molar-refractivity contribution in [1.29, 1.82) is 0 Å². The normalized spacial score (nSPS) is 10.3. The summed E-state index contributed by atoms with van der Waals surface area (Å²) in [4.78, 5) is 8.41. The van der Waals surface area contributed by atoms with Crippen LogP contribution >= 0.6 is 0 Å². The van der Waals surface area contributed by atoms with E-state index in [2.05, 4.69) is 15.3 Å². The van der Waals surface area contributed by atoms with E-state index in [0.717, 1.165) is 17.3 Å². The second-order valence-corrected chi connectivity index (χ2v) is 3.38. The maximum atomic E-state index is 5.33. The molecule has 0 aliphatic heterocycles. The third-order valence-electron chi connectivity index (χ3n) is 1.98. The van der Waals surface area contributed by atoms with E-state index in [4.69, 9.17) is 4.42 Å². The van der Waals surface area contributed by atoms with Gasteiger partial charge in [-0.2, -0.15) is 0 Å². The first kappa shape index (κ1) is 9.71. The van der Waals surface area contributed by atoms with E-state index in [1.807, 2.05) is 32.0 Å². The second kappa shape index (κ2) is 4.13. The third-order valence-corrected chi connectivity index (χ3v) is 1.98. The fourth-order valence-electron chi connectivity index (χ4n) is 1.29. The molecule has 0 aliphatic rings. The summed E-state index contributed by atoms with van der Waals surface area (Å²) in [5, 5.41) is 3.15. The Hall–Kier alpha value is -1.84. The molecule has 0 aliphatic carbocycles. The average Bonchev–Trinajstić information content (AvgIpc) is 2.62. The van der Waals surface area contributed by atoms with Gasteiger partial charge in [-0.05, 0) is 26.0 Å². The van der Waals surface area contributed by atoms with Gasteiger partial charge in [0.2, 0.25) is 5.89 Å². The fraction of sp³-hybridized carbons (Fsp3) is 0.273. The molecule has 0 atom stereocenters. The van der Waals surface area contributed by atoms with Gasteiger partial charge in [0.05, 0.1) is 12.7 Å². The predicted molar refractivity (Wildman–Crippen MR) is 57.5 cm³/mol. The molecule has 2 aromatic heterocycles. The highest BCUT2D eigenvalue weighted by atomic mass is 16.4. The van der Waals surface area contributed by atoms with Gasteiger partial charge < -0.3 is 9.73 Å². The Kier molecular flexibility index (Phi) is 2.67. The minimum atomic E-state index is 0.560. The Bertz CT molecular complexity index is 451. The maximum absolute atomic E-state index is 5.33. The molecule has 4 nitrogen and oxygen atoms in total. The maximum Gasteiger partial charge on any atom is 0.213 e. The zero-order valence-corrected chi connectivity index (χ0v) is 8.82. The molecule has 15 heavy (non-hydrogen) atoms. The number of hydrogen-bond acceptors (Lipinski definition) is 4. The topological polar surface area (TPSA) is 51.0 Å². The van der Waals surface area contributed by atoms with Crippen molar-refractivity contribution in [1.82, 2.24) is 9.97 Å². The molecular weight excluding hydrogens is 190 g/mol. The monoisotopic (exact) mass is 203 g/mol. The molecule has 0 spiro atoms. The molecule has 4 heteroatoms. The summed E-state index contributed by atoms with van der Waals surface area (Å²) in [7, 11) is 0. The highest BCUT2D eigenvalue weighted by molar-refractivity contribution is 5.34. The lowest BCUT2D eigenvalue weighted by Crippen LogP contribution is -2.01. The van der Waals surface area contributed by atoms with Crippen LogP contribution in [0.15, 0.2) is 28.8 Å². The van der Waals surface area contributed by atoms with Gasteiger partial charge in [-0.3, -0.25) is 0 Å². The number of nitrogens with one attached hydrogen (secondary N) is 1. The summed E-state index contributed by atoms with van der Waals surface area (Å²) >= 11 is 0. The van der Waals surface area contributed by atoms with Gasteiger partial charge in [0.1, 0.15) is 11.6 Å². The molecule has 0 unspecified atom stereocenters. The number of aromatic nitrogens is 2. The van der Waals surface area contributed by atoms with Crippen LogP contribution in [0.1, 0.15) is 17.3 Å². The minimum absolute atomic E-state index is 0.560. The van der Waals surface area contributed by atoms with Gasteiger partial charge in [-0.25, -0.2) is 9.97 Å². The van der Waals surface area contributed by atoms with Gasteiger partial charge in [-0.1, -0.05) is 6.07 Å². The average molecular weight is 203 g/mol. The first-order valence-corrected chi connectivity index (χ1v) is 4.83. The van der Waals surface area contributed by atoms with Crippen LogP contribution in [-0.2, 0) is 6.54 Å². The molecule has 2 heterocycles. The Morgan fingerprint density at radius 1 is 1.33 bits per heavy atom. The number of hydrogen-bond donors (Lipinski definition) is 1. The van der Waals surface area contributed by atoms with Crippen molar-refractivity contribution in [2.24, 2.45) is 0 Å². The van der Waals surface area contributed by atoms with E-state index in [0.29, 0.717) is 12.4 Å². The van der Waals surface area contributed by atoms with E-state index in [9.17, 15) is 0 Å². The van der Waals surface area contributed by atoms with E-state index in [-0.39, 0.29) is 0 Å². The van der Waals surface area contributed by atoms with Crippen LogP contribution < -0.4 is 5.32 Å². The number of oxazole rings is 1. The van der Waals surface area contributed by atoms with E-state index >= 15 is 0 Å². The van der Waals surface area contributed by atoms with Crippen molar-refractivity contribution < 1.29 is 4.42 Å². The first-order valence-electron chi connectivity index (χ1n) is 4.83. The van der Waals surface area contributed by atoms with Gasteiger partial charge in [0.15, 0.2) is 0 Å². The lowest BCUT2D eigenvalue weighted by atomic mass is 10.4. The summed E-state index contributed by atoms with van der Waals surface area (Å²) in [6.07, 6.45) is 1.71. The van der Waals surface area contributed by atoms with Crippen molar-refractivity contribution >= 4 is 5.82 Å². The Morgan fingerprint density at radius 3 is 2.87 bits per heavy atom. The molecule has 0 fully saturated rings. The van der Waals surface area contributed by atoms with Crippen LogP contribution in [0, 0.1) is 13.8 Å². The fourth-order valence-corrected chi connectivity index (χ4v) is 1.29. The van der Waals surface area contributed by atoms with E-state index < -0.39 is 0 Å². The van der Waals surface area contributed by atoms with Crippen LogP contribution in [0.5, 0.6) is 0 Å². The molecular formula is C11H13N3O. The van der Waals surface area contributed by atoms with Crippen LogP contribution in [0.25, 0.3) is 0 Å². The van der Waals surface area contributed by atoms with E-state index in [1.165, 1.54) is 0 Å². The quantitative estimate of drug-likeness (QED) is 0.831. The summed E-state index contributed by atoms with van der Waals surface area (Å²) in [5.41, 5.74) is 0.989. The van der Waals surface area contributed by atoms with Gasteiger partial charge in [0.25, 0.3) is 0 Å². The van der Waals surface area contributed by atoms with Crippen LogP contribution in [0.3, 0.4) is 0 Å². The lowest BCUT2D eigenvalue weighted by molar-refractivity contribution is 0.479. The van der Waals surface area contributed by atoms with Crippen molar-refractivity contribution in [3.05, 3.63) is 41.7 Å². The molecule has 0 radical (unpaired) electrons. The van der Waals surface area contributed by atoms with Crippen LogP contribution in [-0.4, -0.2) is 9.97 Å². The number of rotatable bonds is 3. The predicted octanol–water partition coefficient (Wildman–Crippen LogP) is 2.30. The van der Waals surface area contributed by atoms with Gasteiger partial charge in [0, 0.05) is 5.69 Å². The van der Waals surface area contributed by atoms with Crippen LogP contribution in [0.2, 0.25) is 0 Å². The number of anilines is 1. The third kappa shape index (κ3) is 2.56. The van der Waals surface area contributed by atoms with Crippen molar-refractivity contribution in [3.8, 4) is 0 Å². The summed E-state index contributed by atoms with van der Waals surface area (Å²) < 4.78 is 5.33. The molecule has 1 N–H and O–H groups in total. The van der Waals surface area contributed by atoms with Crippen molar-refractivity contribution in [3.63, 3.8) is 0 Å². The first-order chi connectivity index (χ1) is 7.24. The van der Waals surface area contributed by atoms with Crippen LogP contribution in [0.4, 0.5) is 5.82 Å². The summed E-state index contributed by atoms with van der Waals surface area (Å²) in [6, 6.07) is 5.84. The molecule has 0 aromatic carbocycles. The Balaban J connectivity index is 1.99. The molecule has 0 saturated heterocycles. The standard InChI is InChI=1S/C11H13N3O/c1-8-4-3-5-10(14-8)12-7-11-13-6-9(2)15-11/h3-6H,7H2,1-2H3,(H,12,14). The van der Waals surface area contributed by atoms with Crippen molar-refractivity contribution in [2.75, 3.05) is 5.32 Å². The second-order valence-electron chi connectivity index (χ2n) is 3.38. The minimum Gasteiger partial charge on any atom is -0.444 e. The molecule has 2 rings (SSSR count). The Labute approximate surface area is 88.4 Å². The molecule has 0 bridgehead atoms. The molecule has 2 aromatic rings. The number of nitrogens with zero attached hydrogens (tertiary/aromatic N) is 2. The summed E-state index contributed by atoms with van der Waals surface area (Å²) in [5.74, 6) is 2.34. The molecule has 0 saturated carbocycles. The zero-order valence-electron chi connectivity index (χ0n) is 8.82. The van der Waals surface area contributed by atoms with Gasteiger partial charge in [-0.15, -0.1) is 0 Å². The highest BCUT2D eigenvalue weighted by Gasteiger charge is 2.00. The zero-order chi connectivity index (χ0) is 10.7. The van der Waals surface area contributed by atoms with Crippen molar-refractivity contribution in [2.45, 2.75) is 20.4 Å². The number of aryl methyl sites for hydroxylation is 2. The summed E-state index contributed by atoms with van der Waals surface area (Å²) in [6.45, 7) is 4.40. The lowest BCUT2D eigenvalue weighted by Gasteiger charge is -2.02. The highest BCUT2D eigenvalue weighted by Crippen LogP contribution is 2.07. The van der Waals surface area contributed by atoms with Gasteiger partial charge >= 0.3 is 0 Å². The smallest absolute Gasteiger partial charge is 0.213 e. The van der Waals surface area contributed by atoms with E-state index in [1.54, 1.807) is 6.20 Å². The SMILES string of the molecule is Cc1cccc(NCc2ncc(C)o2)n1. The number of pyridine rings is 1.